The fourth-order valence-electron chi connectivity index (χ4n) is 6.77. The molecule has 0 bridgehead atoms. The number of unbranched alkanes of at least 4 members (excludes halogenated alkanes) is 4. The fourth-order valence-corrected chi connectivity index (χ4v) is 11.1. The van der Waals surface area contributed by atoms with Crippen LogP contribution in [0.2, 0.25) is 0 Å². The summed E-state index contributed by atoms with van der Waals surface area (Å²) < 4.78 is 124. The van der Waals surface area contributed by atoms with E-state index in [1.807, 2.05) is 35.4 Å². The number of fused-ring (bicyclic) bond motifs is 4. The molecule has 4 aromatic heterocycles. The molecular formula is C46H68NaO18S6-. The second kappa shape index (κ2) is 32.3. The van der Waals surface area contributed by atoms with E-state index in [0.717, 1.165) is 68.8 Å². The molecule has 0 fully saturated rings. The number of aliphatic hydroxyl groups is 1. The van der Waals surface area contributed by atoms with Crippen LogP contribution in [-0.2, 0) is 34.4 Å². The molecule has 4 unspecified atom stereocenters. The van der Waals surface area contributed by atoms with E-state index in [0.29, 0.717) is 85.1 Å². The van der Waals surface area contributed by atoms with Crippen LogP contribution in [0.5, 0.6) is 46.0 Å². The summed E-state index contributed by atoms with van der Waals surface area (Å²) in [6, 6.07) is 0. The average Bonchev–Trinajstić information content (AvgIpc) is 4.11. The van der Waals surface area contributed by atoms with Gasteiger partial charge in [-0.1, -0.05) is 27.2 Å². The molecule has 4 aliphatic heterocycles. The summed E-state index contributed by atoms with van der Waals surface area (Å²) in [5, 5.41) is 16.3. The van der Waals surface area contributed by atoms with Crippen molar-refractivity contribution >= 4 is 65.6 Å². The van der Waals surface area contributed by atoms with Gasteiger partial charge in [0.1, 0.15) is 26.4 Å². The number of hydrogen-bond acceptors (Lipinski definition) is 22. The summed E-state index contributed by atoms with van der Waals surface area (Å²) in [4.78, 5) is 4.59. The van der Waals surface area contributed by atoms with Gasteiger partial charge in [-0.2, -0.15) is 0 Å². The Morgan fingerprint density at radius 3 is 1.30 bits per heavy atom. The van der Waals surface area contributed by atoms with Crippen LogP contribution in [0.4, 0.5) is 0 Å². The summed E-state index contributed by atoms with van der Waals surface area (Å²) in [6.07, 6.45) is 4.84. The zero-order valence-corrected chi connectivity index (χ0v) is 47.5. The zero-order chi connectivity index (χ0) is 49.8. The third-order valence-electron chi connectivity index (χ3n) is 10.2. The van der Waals surface area contributed by atoms with Crippen molar-refractivity contribution in [3.05, 3.63) is 41.0 Å². The number of hydrogen-bond donors (Lipinski definition) is 1. The van der Waals surface area contributed by atoms with Crippen LogP contribution in [-0.4, -0.2) is 140 Å². The van der Waals surface area contributed by atoms with Crippen LogP contribution < -0.4 is 67.5 Å². The largest absolute Gasteiger partial charge is 1.00 e. The molecule has 0 saturated heterocycles. The SMILES string of the molecule is C.CCCCCOCC1COc2c(C)sc(C)c2O1.Cc1sc(C)c2c1OCC(COCCCCS(=O)(=O)[O-])O2.O=S(=O)([O-])CCCCOCC1COc2cscc2O1.OCC1COc2cscc2O1.[Na+]. The van der Waals surface area contributed by atoms with E-state index in [4.69, 9.17) is 57.2 Å². The van der Waals surface area contributed by atoms with Gasteiger partial charge in [0.2, 0.25) is 0 Å². The predicted molar refractivity (Wildman–Crippen MR) is 269 cm³/mol. The molecule has 8 rings (SSSR count). The minimum Gasteiger partial charge on any atom is -0.748 e. The van der Waals surface area contributed by atoms with Gasteiger partial charge < -0.3 is 66.3 Å². The number of ether oxygens (including phenoxy) is 11. The molecule has 71 heavy (non-hydrogen) atoms. The summed E-state index contributed by atoms with van der Waals surface area (Å²) in [5.74, 6) is 5.85. The maximum atomic E-state index is 10.4. The van der Waals surface area contributed by atoms with E-state index in [2.05, 4.69) is 20.8 Å². The van der Waals surface area contributed by atoms with Crippen LogP contribution >= 0.6 is 45.3 Å². The molecule has 4 aromatic rings. The van der Waals surface area contributed by atoms with Crippen LogP contribution in [0.25, 0.3) is 0 Å². The van der Waals surface area contributed by atoms with E-state index in [1.165, 1.54) is 45.3 Å². The predicted octanol–water partition coefficient (Wildman–Crippen LogP) is 5.31. The Kier molecular flexibility index (Phi) is 28.8. The third-order valence-corrected chi connectivity index (χ3v) is 15.1. The molecule has 0 saturated carbocycles. The topological polar surface area (TPSA) is 236 Å². The van der Waals surface area contributed by atoms with Gasteiger partial charge >= 0.3 is 29.6 Å². The van der Waals surface area contributed by atoms with Gasteiger partial charge in [-0.25, -0.2) is 16.8 Å². The van der Waals surface area contributed by atoms with Crippen molar-refractivity contribution < 1.29 is 113 Å². The molecule has 25 heteroatoms. The van der Waals surface area contributed by atoms with Crippen LogP contribution in [0.3, 0.4) is 0 Å². The van der Waals surface area contributed by atoms with Gasteiger partial charge in [0, 0.05) is 72.4 Å². The molecule has 0 spiro atoms. The zero-order valence-electron chi connectivity index (χ0n) is 40.6. The molecule has 0 aromatic carbocycles. The molecule has 8 heterocycles. The van der Waals surface area contributed by atoms with Crippen LogP contribution in [0, 0.1) is 27.7 Å². The van der Waals surface area contributed by atoms with E-state index < -0.39 is 20.2 Å². The van der Waals surface area contributed by atoms with Crippen molar-refractivity contribution in [1.29, 1.82) is 0 Å². The molecule has 0 amide bonds. The van der Waals surface area contributed by atoms with Crippen molar-refractivity contribution in [3.63, 3.8) is 0 Å². The Labute approximate surface area is 457 Å². The first kappa shape index (κ1) is 63.2. The van der Waals surface area contributed by atoms with Crippen molar-refractivity contribution in [2.24, 2.45) is 0 Å². The second-order valence-corrected chi connectivity index (χ2v) is 23.6. The average molecular weight is 1120 g/mol. The molecule has 0 radical (unpaired) electrons. The monoisotopic (exact) mass is 1120 g/mol. The van der Waals surface area contributed by atoms with Crippen LogP contribution in [0.1, 0.15) is 78.8 Å². The molecule has 18 nitrogen and oxygen atoms in total. The second-order valence-electron chi connectivity index (χ2n) is 16.2. The maximum Gasteiger partial charge on any atom is 1.00 e. The smallest absolute Gasteiger partial charge is 0.748 e. The Bertz CT molecular complexity index is 2350. The maximum absolute atomic E-state index is 10.4. The van der Waals surface area contributed by atoms with Gasteiger partial charge in [0.25, 0.3) is 0 Å². The Hall–Kier alpha value is -2.14. The molecular weight excluding hydrogens is 1060 g/mol. The summed E-state index contributed by atoms with van der Waals surface area (Å²) in [5.41, 5.74) is 0. The third kappa shape index (κ3) is 22.3. The number of rotatable bonds is 21. The normalized spacial score (nSPS) is 18.2. The number of thiophene rings is 4. The van der Waals surface area contributed by atoms with Gasteiger partial charge in [0.05, 0.1) is 46.7 Å². The molecule has 398 valence electrons. The number of aliphatic hydroxyl groups excluding tert-OH is 1. The number of aryl methyl sites for hydroxylation is 4. The fraction of sp³-hybridized carbons (Fsp3) is 0.652. The Morgan fingerprint density at radius 1 is 0.535 bits per heavy atom. The molecule has 4 aliphatic rings. The van der Waals surface area contributed by atoms with Crippen LogP contribution in [0.15, 0.2) is 21.5 Å². The first-order valence-corrected chi connectivity index (χ1v) is 29.4. The van der Waals surface area contributed by atoms with Gasteiger partial charge in [-0.05, 0) is 59.8 Å². The van der Waals surface area contributed by atoms with Gasteiger partial charge in [0.15, 0.2) is 70.4 Å². The van der Waals surface area contributed by atoms with Crippen molar-refractivity contribution in [3.8, 4) is 46.0 Å². The minimum absolute atomic E-state index is 0. The quantitative estimate of drug-likeness (QED) is 0.0632. The van der Waals surface area contributed by atoms with Gasteiger partial charge in [-0.3, -0.25) is 0 Å². The van der Waals surface area contributed by atoms with E-state index in [-0.39, 0.29) is 79.5 Å². The summed E-state index contributed by atoms with van der Waals surface area (Å²) in [7, 11) is -8.22. The Morgan fingerprint density at radius 2 is 0.887 bits per heavy atom. The molecule has 1 N–H and O–H groups in total. The summed E-state index contributed by atoms with van der Waals surface area (Å²) in [6.45, 7) is 15.3. The Balaban J connectivity index is 0.000000252. The minimum atomic E-state index is -4.12. The van der Waals surface area contributed by atoms with E-state index in [1.54, 1.807) is 22.7 Å². The summed E-state index contributed by atoms with van der Waals surface area (Å²) >= 11 is 6.43. The van der Waals surface area contributed by atoms with Crippen molar-refractivity contribution in [2.45, 2.75) is 111 Å². The van der Waals surface area contributed by atoms with E-state index >= 15 is 0 Å². The van der Waals surface area contributed by atoms with E-state index in [9.17, 15) is 25.9 Å². The van der Waals surface area contributed by atoms with Gasteiger partial charge in [-0.15, -0.1) is 45.3 Å². The standard InChI is InChI=1S/C14H22O3S.C13H20O6S2.C11H16O6S2.C7H8O3S.CH4.Na/c1-4-5-6-7-15-8-12-9-16-13-10(2)18-11(3)14(13)17-12;1-9-12-13(10(2)20-9)19-11(8-18-12)7-17-5-3-4-6-21(14,15)16;12-19(13,14)4-2-1-3-15-5-9-6-16-10-7-18-8-11(10)17-9;8-1-5-2-9-6-3-11-4-7(6)10-5;;/h12H,4-9H2,1-3H3;11H,3-8H2,1-2H3,(H,14,15,16);7-9H,1-6H2,(H,12,13,14);3-5,8H,1-2H2;1H4;/q;;;;;+1/p-2. The van der Waals surface area contributed by atoms with Crippen molar-refractivity contribution in [1.82, 2.24) is 0 Å². The van der Waals surface area contributed by atoms with Crippen molar-refractivity contribution in [2.75, 3.05) is 84.2 Å². The first-order valence-electron chi connectivity index (χ1n) is 22.7. The molecule has 0 aliphatic carbocycles. The first-order chi connectivity index (χ1) is 33.0. The molecule has 4 atom stereocenters.